The van der Waals surface area contributed by atoms with E-state index >= 15 is 0 Å². The van der Waals surface area contributed by atoms with Crippen molar-refractivity contribution in [1.29, 1.82) is 5.26 Å². The maximum atomic E-state index is 11.9. The number of ether oxygens (including phenoxy) is 1. The highest BCUT2D eigenvalue weighted by Crippen LogP contribution is 2.35. The van der Waals surface area contributed by atoms with E-state index in [2.05, 4.69) is 33.6 Å². The predicted octanol–water partition coefficient (Wildman–Crippen LogP) is 6.00. The van der Waals surface area contributed by atoms with Gasteiger partial charge in [0.05, 0.1) is 5.69 Å². The van der Waals surface area contributed by atoms with E-state index in [1.807, 2.05) is 48.7 Å². The number of allylic oxidation sites excluding steroid dienone is 1. The van der Waals surface area contributed by atoms with E-state index in [9.17, 15) is 10.1 Å². The molecule has 0 amide bonds. The highest BCUT2D eigenvalue weighted by Gasteiger charge is 2.21. The number of carbonyl (C=O) groups excluding carboxylic acids is 1. The second-order valence-corrected chi connectivity index (χ2v) is 7.49. The van der Waals surface area contributed by atoms with Gasteiger partial charge >= 0.3 is 5.97 Å². The molecular formula is C22H15BrN2O2S. The second kappa shape index (κ2) is 8.79. The minimum Gasteiger partial charge on any atom is -0.421 e. The molecule has 1 aromatic heterocycles. The van der Waals surface area contributed by atoms with Gasteiger partial charge in [-0.15, -0.1) is 11.3 Å². The van der Waals surface area contributed by atoms with Crippen LogP contribution in [-0.2, 0) is 9.53 Å². The summed E-state index contributed by atoms with van der Waals surface area (Å²) in [6.45, 7) is 5.44. The number of esters is 1. The smallest absolute Gasteiger partial charge is 0.335 e. The van der Waals surface area contributed by atoms with Crippen LogP contribution in [0.3, 0.4) is 0 Å². The van der Waals surface area contributed by atoms with Gasteiger partial charge in [0.1, 0.15) is 16.6 Å². The summed E-state index contributed by atoms with van der Waals surface area (Å²) in [6.07, 6.45) is 1.06. The summed E-state index contributed by atoms with van der Waals surface area (Å²) in [5.74, 6) is -0.500. The Morgan fingerprint density at radius 2 is 1.96 bits per heavy atom. The van der Waals surface area contributed by atoms with Gasteiger partial charge in [-0.25, -0.2) is 9.78 Å². The molecule has 4 nitrogen and oxygen atoms in total. The van der Waals surface area contributed by atoms with Crippen molar-refractivity contribution < 1.29 is 9.53 Å². The summed E-state index contributed by atoms with van der Waals surface area (Å²) in [4.78, 5) is 16.5. The zero-order chi connectivity index (χ0) is 20.1. The number of halogens is 1. The molecular weight excluding hydrogens is 436 g/mol. The Morgan fingerprint density at radius 1 is 1.25 bits per heavy atom. The molecule has 2 aromatic carbocycles. The van der Waals surface area contributed by atoms with Crippen LogP contribution in [0.1, 0.15) is 16.1 Å². The largest absolute Gasteiger partial charge is 0.421 e. The lowest BCUT2D eigenvalue weighted by Gasteiger charge is -2.11. The van der Waals surface area contributed by atoms with E-state index in [0.29, 0.717) is 15.0 Å². The van der Waals surface area contributed by atoms with E-state index in [1.54, 1.807) is 12.1 Å². The van der Waals surface area contributed by atoms with Crippen molar-refractivity contribution in [2.24, 2.45) is 0 Å². The summed E-state index contributed by atoms with van der Waals surface area (Å²) in [5.41, 5.74) is 3.62. The summed E-state index contributed by atoms with van der Waals surface area (Å²) < 4.78 is 6.15. The van der Waals surface area contributed by atoms with Gasteiger partial charge in [-0.1, -0.05) is 65.0 Å². The van der Waals surface area contributed by atoms with Gasteiger partial charge in [0.2, 0.25) is 0 Å². The first-order chi connectivity index (χ1) is 13.5. The van der Waals surface area contributed by atoms with Gasteiger partial charge in [-0.2, -0.15) is 5.26 Å². The number of nitriles is 1. The average Bonchev–Trinajstić information content (AvgIpc) is 3.18. The maximum Gasteiger partial charge on any atom is 0.335 e. The van der Waals surface area contributed by atoms with Crippen LogP contribution in [0.2, 0.25) is 0 Å². The third-order valence-corrected chi connectivity index (χ3v) is 5.52. The molecule has 3 aromatic rings. The zero-order valence-electron chi connectivity index (χ0n) is 15.0. The van der Waals surface area contributed by atoms with Crippen LogP contribution in [0.5, 0.6) is 0 Å². The molecule has 0 unspecified atom stereocenters. The van der Waals surface area contributed by atoms with Crippen molar-refractivity contribution in [3.05, 3.63) is 87.2 Å². The van der Waals surface area contributed by atoms with Crippen LogP contribution >= 0.6 is 27.3 Å². The van der Waals surface area contributed by atoms with Crippen molar-refractivity contribution in [1.82, 2.24) is 4.98 Å². The van der Waals surface area contributed by atoms with Crippen LogP contribution in [0.15, 0.2) is 71.0 Å². The number of carbonyl (C=O) groups is 1. The first-order valence-electron chi connectivity index (χ1n) is 8.30. The van der Waals surface area contributed by atoms with Crippen LogP contribution in [0.25, 0.3) is 22.6 Å². The van der Waals surface area contributed by atoms with Gasteiger partial charge in [0, 0.05) is 27.1 Å². The molecule has 0 saturated heterocycles. The zero-order valence-corrected chi connectivity index (χ0v) is 17.4. The molecule has 0 aliphatic heterocycles. The molecule has 28 heavy (non-hydrogen) atoms. The highest BCUT2D eigenvalue weighted by atomic mass is 79.9. The monoisotopic (exact) mass is 450 g/mol. The fourth-order valence-electron chi connectivity index (χ4n) is 2.60. The number of rotatable bonds is 5. The van der Waals surface area contributed by atoms with E-state index in [-0.39, 0.29) is 11.3 Å². The van der Waals surface area contributed by atoms with Crippen molar-refractivity contribution in [3.63, 3.8) is 0 Å². The molecule has 0 N–H and O–H groups in total. The van der Waals surface area contributed by atoms with E-state index in [0.717, 1.165) is 22.9 Å². The second-order valence-electron chi connectivity index (χ2n) is 5.77. The molecule has 138 valence electrons. The van der Waals surface area contributed by atoms with Crippen molar-refractivity contribution >= 4 is 44.6 Å². The Hall–Kier alpha value is -3.01. The van der Waals surface area contributed by atoms with Crippen LogP contribution in [-0.4, -0.2) is 11.0 Å². The van der Waals surface area contributed by atoms with E-state index in [4.69, 9.17) is 4.74 Å². The minimum atomic E-state index is -0.644. The molecule has 3 rings (SSSR count). The maximum absolute atomic E-state index is 11.9. The standard InChI is InChI=1S/C22H15BrN2O2S/c1-3-20(26)27-21(16-10-6-7-11-18(16)23)17(12-24)22-25-19(13-28-22)15-9-5-4-8-14(15)2/h3-11,13H,1H2,2H3. The lowest BCUT2D eigenvalue weighted by atomic mass is 10.1. The van der Waals surface area contributed by atoms with E-state index < -0.39 is 5.97 Å². The normalized spacial score (nSPS) is 11.3. The number of benzene rings is 2. The molecule has 0 radical (unpaired) electrons. The molecule has 1 heterocycles. The summed E-state index contributed by atoms with van der Waals surface area (Å²) in [7, 11) is 0. The van der Waals surface area contributed by atoms with Gasteiger partial charge in [0.15, 0.2) is 5.76 Å². The molecule has 0 saturated carbocycles. The third-order valence-electron chi connectivity index (χ3n) is 3.97. The van der Waals surface area contributed by atoms with E-state index in [1.165, 1.54) is 11.3 Å². The quantitative estimate of drug-likeness (QED) is 0.207. The first kappa shape index (κ1) is 19.7. The van der Waals surface area contributed by atoms with Crippen molar-refractivity contribution in [2.45, 2.75) is 6.92 Å². The highest BCUT2D eigenvalue weighted by molar-refractivity contribution is 9.10. The fourth-order valence-corrected chi connectivity index (χ4v) is 3.87. The Kier molecular flexibility index (Phi) is 6.19. The lowest BCUT2D eigenvalue weighted by Crippen LogP contribution is -2.03. The fraction of sp³-hybridized carbons (Fsp3) is 0.0455. The number of aryl methyl sites for hydroxylation is 1. The summed E-state index contributed by atoms with van der Waals surface area (Å²) >= 11 is 4.78. The average molecular weight is 451 g/mol. The number of nitrogens with zero attached hydrogens (tertiary/aromatic N) is 2. The molecule has 0 spiro atoms. The van der Waals surface area contributed by atoms with Gasteiger partial charge < -0.3 is 4.74 Å². The molecule has 0 bridgehead atoms. The summed E-state index contributed by atoms with van der Waals surface area (Å²) in [5, 5.41) is 12.2. The third kappa shape index (κ3) is 4.11. The SMILES string of the molecule is C=CC(=O)OC(=C(C#N)c1nc(-c2ccccc2C)cs1)c1ccccc1Br. The molecule has 0 aliphatic carbocycles. The van der Waals surface area contributed by atoms with Crippen LogP contribution in [0.4, 0.5) is 0 Å². The predicted molar refractivity (Wildman–Crippen MR) is 115 cm³/mol. The number of thiazole rings is 1. The first-order valence-corrected chi connectivity index (χ1v) is 9.97. The van der Waals surface area contributed by atoms with Crippen molar-refractivity contribution in [3.8, 4) is 17.3 Å². The number of hydrogen-bond donors (Lipinski definition) is 0. The summed E-state index contributed by atoms with van der Waals surface area (Å²) in [6, 6.07) is 17.3. The Morgan fingerprint density at radius 3 is 2.64 bits per heavy atom. The van der Waals surface area contributed by atoms with Gasteiger partial charge in [-0.05, 0) is 18.6 Å². The lowest BCUT2D eigenvalue weighted by molar-refractivity contribution is -0.131. The molecule has 0 aliphatic rings. The van der Waals surface area contributed by atoms with Crippen LogP contribution in [0, 0.1) is 18.3 Å². The number of aromatic nitrogens is 1. The Balaban J connectivity index is 2.17. The molecule has 0 atom stereocenters. The molecule has 6 heteroatoms. The Labute approximate surface area is 175 Å². The number of hydrogen-bond acceptors (Lipinski definition) is 5. The minimum absolute atomic E-state index is 0.144. The molecule has 0 fully saturated rings. The van der Waals surface area contributed by atoms with Crippen LogP contribution < -0.4 is 0 Å². The Bertz CT molecular complexity index is 1130. The van der Waals surface area contributed by atoms with Gasteiger partial charge in [0.25, 0.3) is 0 Å². The topological polar surface area (TPSA) is 63.0 Å². The van der Waals surface area contributed by atoms with Crippen molar-refractivity contribution in [2.75, 3.05) is 0 Å². The van der Waals surface area contributed by atoms with Gasteiger partial charge in [-0.3, -0.25) is 0 Å².